The van der Waals surface area contributed by atoms with Gasteiger partial charge in [-0.25, -0.2) is 8.78 Å². The van der Waals surface area contributed by atoms with Crippen LogP contribution in [-0.4, -0.2) is 40.5 Å². The van der Waals surface area contributed by atoms with Crippen LogP contribution in [0.1, 0.15) is 6.42 Å². The van der Waals surface area contributed by atoms with E-state index in [1.807, 2.05) is 0 Å². The van der Waals surface area contributed by atoms with Crippen molar-refractivity contribution < 1.29 is 52.7 Å². The summed E-state index contributed by atoms with van der Waals surface area (Å²) in [6, 6.07) is 0. The molecule has 0 unspecified atom stereocenters. The van der Waals surface area contributed by atoms with Gasteiger partial charge in [0, 0.05) is 0 Å². The Bertz CT molecular complexity index is 362. The van der Waals surface area contributed by atoms with Gasteiger partial charge >= 0.3 is 36.0 Å². The van der Waals surface area contributed by atoms with Gasteiger partial charge in [-0.15, -0.1) is 0 Å². The summed E-state index contributed by atoms with van der Waals surface area (Å²) >= 11 is 0.541. The largest absolute Gasteiger partial charge is 0.372 e. The van der Waals surface area contributed by atoms with E-state index in [0.29, 0.717) is 22.6 Å². The molecule has 0 spiro atoms. The zero-order chi connectivity index (χ0) is 17.5. The van der Waals surface area contributed by atoms with Crippen LogP contribution in [0.15, 0.2) is 0 Å². The third-order valence-corrected chi connectivity index (χ3v) is 3.25. The minimum atomic E-state index is -6.43. The Morgan fingerprint density at radius 2 is 1.05 bits per heavy atom. The van der Waals surface area contributed by atoms with Crippen LogP contribution in [0.3, 0.4) is 0 Å². The molecule has 0 amide bonds. The van der Waals surface area contributed by atoms with E-state index < -0.39 is 46.9 Å². The molecule has 0 aromatic rings. The average Bonchev–Trinajstić information content (AvgIpc) is 2.26. The average molecular weight is 456 g/mol. The van der Waals surface area contributed by atoms with E-state index in [1.54, 1.807) is 0 Å². The Hall–Kier alpha value is -0.110. The van der Waals surface area contributed by atoms with Gasteiger partial charge in [0.05, 0.1) is 10.8 Å². The Morgan fingerprint density at radius 1 is 0.667 bits per heavy atom. The van der Waals surface area contributed by atoms with Crippen molar-refractivity contribution in [1.82, 2.24) is 0 Å². The molecule has 128 valence electrons. The van der Waals surface area contributed by atoms with Crippen LogP contribution in [-0.2, 0) is 0 Å². The number of rotatable bonds is 7. The lowest BCUT2D eigenvalue weighted by Crippen LogP contribution is -2.59. The number of halogens is 13. The molecule has 0 fully saturated rings. The maximum Gasteiger partial charge on any atom is 0.372 e. The van der Waals surface area contributed by atoms with E-state index in [1.165, 1.54) is 0 Å². The molecule has 0 heterocycles. The normalized spacial score (nSPS) is 15.7. The van der Waals surface area contributed by atoms with Crippen LogP contribution >= 0.6 is 22.6 Å². The first-order valence-electron chi connectivity index (χ1n) is 4.69. The van der Waals surface area contributed by atoms with Gasteiger partial charge in [-0.05, 0) is 0 Å². The van der Waals surface area contributed by atoms with E-state index in [0.717, 1.165) is 0 Å². The molecule has 0 N–H and O–H groups in total. The molecule has 0 aromatic carbocycles. The summed E-state index contributed by atoms with van der Waals surface area (Å²) in [7, 11) is 0. The molecule has 21 heavy (non-hydrogen) atoms. The van der Waals surface area contributed by atoms with Crippen LogP contribution in [0.2, 0.25) is 0 Å². The smallest absolute Gasteiger partial charge is 0.203 e. The summed E-state index contributed by atoms with van der Waals surface area (Å²) in [5.41, 5.74) is 0. The molecule has 0 nitrogen and oxygen atoms in total. The van der Waals surface area contributed by atoms with Crippen molar-refractivity contribution in [3.05, 3.63) is 0 Å². The fraction of sp³-hybridized carbons (Fsp3) is 1.00. The van der Waals surface area contributed by atoms with Crippen molar-refractivity contribution in [2.24, 2.45) is 0 Å². The number of hydrogen-bond acceptors (Lipinski definition) is 0. The van der Waals surface area contributed by atoms with Crippen LogP contribution < -0.4 is 0 Å². The van der Waals surface area contributed by atoms with Crippen molar-refractivity contribution in [1.29, 1.82) is 0 Å². The minimum absolute atomic E-state index is 0.541. The maximum atomic E-state index is 12.9. The molecular weight excluding hydrogens is 451 g/mol. The zero-order valence-corrected chi connectivity index (χ0v) is 11.6. The number of alkyl halides is 13. The molecule has 0 saturated heterocycles. The standard InChI is InChI=1S/C8H5F12I/c9-3(10)7(17,18)4(11,12)1-5(13,14)8(19,20)6(15,16)2-21/h3H,1-2H2. The maximum absolute atomic E-state index is 12.9. The van der Waals surface area contributed by atoms with E-state index in [2.05, 4.69) is 0 Å². The second-order valence-electron chi connectivity index (χ2n) is 3.92. The van der Waals surface area contributed by atoms with Gasteiger partial charge in [-0.3, -0.25) is 0 Å². The molecule has 0 rings (SSSR count). The molecule has 13 heteroatoms. The van der Waals surface area contributed by atoms with Crippen LogP contribution in [0.5, 0.6) is 0 Å². The number of hydrogen-bond donors (Lipinski definition) is 0. The Labute approximate surface area is 123 Å². The van der Waals surface area contributed by atoms with Gasteiger partial charge in [0.2, 0.25) is 0 Å². The highest BCUT2D eigenvalue weighted by atomic mass is 127. The summed E-state index contributed by atoms with van der Waals surface area (Å²) in [6.07, 6.45) is -9.02. The second-order valence-corrected chi connectivity index (χ2v) is 4.68. The quantitative estimate of drug-likeness (QED) is 0.279. The summed E-state index contributed by atoms with van der Waals surface area (Å²) in [5.74, 6) is -31.0. The zero-order valence-electron chi connectivity index (χ0n) is 9.41. The predicted octanol–water partition coefficient (Wildman–Crippen LogP) is 5.25. The van der Waals surface area contributed by atoms with E-state index >= 15 is 0 Å². The highest BCUT2D eigenvalue weighted by Crippen LogP contribution is 2.53. The topological polar surface area (TPSA) is 0 Å². The summed E-state index contributed by atoms with van der Waals surface area (Å²) in [6.45, 7) is 0. The first-order chi connectivity index (χ1) is 8.96. The highest BCUT2D eigenvalue weighted by Gasteiger charge is 2.76. The van der Waals surface area contributed by atoms with Crippen molar-refractivity contribution >= 4 is 22.6 Å². The van der Waals surface area contributed by atoms with E-state index in [-0.39, 0.29) is 0 Å². The monoisotopic (exact) mass is 456 g/mol. The van der Waals surface area contributed by atoms with Crippen LogP contribution in [0.4, 0.5) is 52.7 Å². The van der Waals surface area contributed by atoms with Crippen molar-refractivity contribution in [2.45, 2.75) is 42.5 Å². The molecule has 0 radical (unpaired) electrons. The SMILES string of the molecule is FC(F)C(F)(F)C(F)(F)CC(F)(F)C(F)(F)C(F)(F)CI. The van der Waals surface area contributed by atoms with Crippen LogP contribution in [0.25, 0.3) is 0 Å². The van der Waals surface area contributed by atoms with Gasteiger partial charge in [-0.1, -0.05) is 22.6 Å². The van der Waals surface area contributed by atoms with Crippen LogP contribution in [0, 0.1) is 0 Å². The van der Waals surface area contributed by atoms with Gasteiger partial charge in [0.1, 0.15) is 0 Å². The fourth-order valence-corrected chi connectivity index (χ4v) is 1.50. The molecule has 0 aliphatic rings. The van der Waals surface area contributed by atoms with E-state index in [9.17, 15) is 52.7 Å². The lowest BCUT2D eigenvalue weighted by molar-refractivity contribution is -0.338. The van der Waals surface area contributed by atoms with Crippen molar-refractivity contribution in [2.75, 3.05) is 4.43 Å². The van der Waals surface area contributed by atoms with E-state index in [4.69, 9.17) is 0 Å². The lowest BCUT2D eigenvalue weighted by atomic mass is 9.96. The van der Waals surface area contributed by atoms with Crippen molar-refractivity contribution in [3.8, 4) is 0 Å². The first-order valence-corrected chi connectivity index (χ1v) is 6.22. The van der Waals surface area contributed by atoms with Gasteiger partial charge in [0.25, 0.3) is 0 Å². The van der Waals surface area contributed by atoms with Gasteiger partial charge in [-0.2, -0.15) is 43.9 Å². The molecule has 0 aliphatic heterocycles. The molecule has 0 saturated carbocycles. The summed E-state index contributed by atoms with van der Waals surface area (Å²) < 4.78 is 148. The first kappa shape index (κ1) is 20.9. The summed E-state index contributed by atoms with van der Waals surface area (Å²) in [4.78, 5) is 0. The lowest BCUT2D eigenvalue weighted by Gasteiger charge is -2.35. The molecule has 0 atom stereocenters. The molecule has 0 aromatic heterocycles. The second kappa shape index (κ2) is 5.83. The predicted molar refractivity (Wildman–Crippen MR) is 54.2 cm³/mol. The Morgan fingerprint density at radius 3 is 1.33 bits per heavy atom. The molecule has 0 bridgehead atoms. The summed E-state index contributed by atoms with van der Waals surface area (Å²) in [5, 5.41) is 0. The fourth-order valence-electron chi connectivity index (χ4n) is 1.02. The van der Waals surface area contributed by atoms with Gasteiger partial charge in [0.15, 0.2) is 0 Å². The third-order valence-electron chi connectivity index (χ3n) is 2.29. The Balaban J connectivity index is 5.58. The highest BCUT2D eigenvalue weighted by molar-refractivity contribution is 14.1. The Kier molecular flexibility index (Phi) is 5.80. The third kappa shape index (κ3) is 3.63. The van der Waals surface area contributed by atoms with Crippen molar-refractivity contribution in [3.63, 3.8) is 0 Å². The minimum Gasteiger partial charge on any atom is -0.203 e. The molecular formula is C8H5F12I. The molecule has 0 aliphatic carbocycles. The van der Waals surface area contributed by atoms with Gasteiger partial charge < -0.3 is 0 Å².